The van der Waals surface area contributed by atoms with Crippen LogP contribution in [0, 0.1) is 0 Å². The van der Waals surface area contributed by atoms with Crippen molar-refractivity contribution in [3.05, 3.63) is 65.2 Å². The number of nitrogens with two attached hydrogens (primary N) is 1. The molecule has 1 aliphatic rings. The number of carbonyl (C=O) groups is 1. The molecule has 150 valence electrons. The van der Waals surface area contributed by atoms with Crippen molar-refractivity contribution in [3.8, 4) is 0 Å². The van der Waals surface area contributed by atoms with Crippen molar-refractivity contribution in [3.63, 3.8) is 0 Å². The van der Waals surface area contributed by atoms with E-state index in [2.05, 4.69) is 55.3 Å². The van der Waals surface area contributed by atoms with Gasteiger partial charge >= 0.3 is 0 Å². The maximum absolute atomic E-state index is 12.8. The number of piperidine rings is 1. The summed E-state index contributed by atoms with van der Waals surface area (Å²) in [6, 6.07) is 16.9. The molecule has 0 saturated carbocycles. The van der Waals surface area contributed by atoms with Gasteiger partial charge in [-0.2, -0.15) is 0 Å². The lowest BCUT2D eigenvalue weighted by molar-refractivity contribution is -0.122. The van der Waals surface area contributed by atoms with Crippen LogP contribution >= 0.6 is 0 Å². The summed E-state index contributed by atoms with van der Waals surface area (Å²) in [7, 11) is 0. The van der Waals surface area contributed by atoms with Gasteiger partial charge in [-0.15, -0.1) is 0 Å². The largest absolute Gasteiger partial charge is 0.324 e. The summed E-state index contributed by atoms with van der Waals surface area (Å²) in [5.41, 5.74) is 10.4. The summed E-state index contributed by atoms with van der Waals surface area (Å²) >= 11 is 0. The number of nitrogens with one attached hydrogen (secondary N) is 1. The Morgan fingerprint density at radius 2 is 1.61 bits per heavy atom. The molecule has 2 aromatic carbocycles. The van der Waals surface area contributed by atoms with Gasteiger partial charge in [-0.3, -0.25) is 9.69 Å². The summed E-state index contributed by atoms with van der Waals surface area (Å²) in [6.45, 7) is 9.13. The average Bonchev–Trinajstić information content (AvgIpc) is 2.71. The van der Waals surface area contributed by atoms with Crippen LogP contribution in [-0.2, 0) is 17.8 Å². The Bertz CT molecular complexity index is 773. The number of benzene rings is 2. The lowest BCUT2D eigenvalue weighted by Crippen LogP contribution is -2.57. The molecule has 2 aromatic rings. The van der Waals surface area contributed by atoms with Gasteiger partial charge < -0.3 is 11.1 Å². The SMILES string of the molecule is CCc1ccc(NC(=O)C2(N)CCN(Cc3ccc(C(C)C)cc3)CC2)cc1. The van der Waals surface area contributed by atoms with Crippen molar-refractivity contribution in [1.82, 2.24) is 4.90 Å². The molecule has 0 radical (unpaired) electrons. The number of hydrogen-bond acceptors (Lipinski definition) is 3. The standard InChI is InChI=1S/C24H33N3O/c1-4-19-7-11-22(12-8-19)26-23(28)24(25)13-15-27(16-14-24)17-20-5-9-21(10-6-20)18(2)3/h5-12,18H,4,13-17,25H2,1-3H3,(H,26,28). The molecule has 28 heavy (non-hydrogen) atoms. The molecule has 1 amide bonds. The molecule has 0 spiro atoms. The molecular formula is C24H33N3O. The van der Waals surface area contributed by atoms with E-state index in [4.69, 9.17) is 5.73 Å². The van der Waals surface area contributed by atoms with Crippen molar-refractivity contribution < 1.29 is 4.79 Å². The van der Waals surface area contributed by atoms with Crippen LogP contribution < -0.4 is 11.1 Å². The van der Waals surface area contributed by atoms with Gasteiger partial charge in [0, 0.05) is 25.3 Å². The van der Waals surface area contributed by atoms with Gasteiger partial charge in [0.2, 0.25) is 5.91 Å². The van der Waals surface area contributed by atoms with Crippen LogP contribution in [0.15, 0.2) is 48.5 Å². The summed E-state index contributed by atoms with van der Waals surface area (Å²) in [6.07, 6.45) is 2.34. The second kappa shape index (κ2) is 8.89. The third-order valence-electron chi connectivity index (χ3n) is 5.87. The first-order valence-corrected chi connectivity index (χ1v) is 10.4. The Morgan fingerprint density at radius 1 is 1.04 bits per heavy atom. The first-order valence-electron chi connectivity index (χ1n) is 10.4. The Labute approximate surface area is 169 Å². The van der Waals surface area contributed by atoms with E-state index in [-0.39, 0.29) is 5.91 Å². The van der Waals surface area contributed by atoms with Crippen LogP contribution in [0.25, 0.3) is 0 Å². The minimum Gasteiger partial charge on any atom is -0.324 e. The van der Waals surface area contributed by atoms with E-state index in [1.54, 1.807) is 0 Å². The summed E-state index contributed by atoms with van der Waals surface area (Å²) in [5.74, 6) is 0.483. The van der Waals surface area contributed by atoms with Crippen LogP contribution in [0.3, 0.4) is 0 Å². The Kier molecular flexibility index (Phi) is 6.53. The smallest absolute Gasteiger partial charge is 0.244 e. The lowest BCUT2D eigenvalue weighted by atomic mass is 9.87. The highest BCUT2D eigenvalue weighted by Crippen LogP contribution is 2.24. The second-order valence-electron chi connectivity index (χ2n) is 8.33. The number of hydrogen-bond donors (Lipinski definition) is 2. The quantitative estimate of drug-likeness (QED) is 0.786. The Hall–Kier alpha value is -2.17. The molecule has 4 heteroatoms. The van der Waals surface area contributed by atoms with Gasteiger partial charge in [0.1, 0.15) is 0 Å². The van der Waals surface area contributed by atoms with Crippen LogP contribution in [0.2, 0.25) is 0 Å². The maximum Gasteiger partial charge on any atom is 0.244 e. The molecule has 0 aliphatic carbocycles. The number of aryl methyl sites for hydroxylation is 1. The summed E-state index contributed by atoms with van der Waals surface area (Å²) < 4.78 is 0. The predicted molar refractivity (Wildman–Crippen MR) is 116 cm³/mol. The number of likely N-dealkylation sites (tertiary alicyclic amines) is 1. The molecule has 1 heterocycles. The number of nitrogens with zero attached hydrogens (tertiary/aromatic N) is 1. The second-order valence-corrected chi connectivity index (χ2v) is 8.33. The minimum absolute atomic E-state index is 0.0716. The van der Waals surface area contributed by atoms with Crippen molar-refractivity contribution in [2.45, 2.75) is 58.0 Å². The summed E-state index contributed by atoms with van der Waals surface area (Å²) in [4.78, 5) is 15.1. The fourth-order valence-corrected chi connectivity index (χ4v) is 3.68. The van der Waals surface area contributed by atoms with Gasteiger partial charge in [-0.1, -0.05) is 57.2 Å². The van der Waals surface area contributed by atoms with E-state index in [1.165, 1.54) is 16.7 Å². The third kappa shape index (κ3) is 5.00. The number of anilines is 1. The first kappa shape index (κ1) is 20.6. The minimum atomic E-state index is -0.790. The van der Waals surface area contributed by atoms with E-state index >= 15 is 0 Å². The van der Waals surface area contributed by atoms with Gasteiger partial charge in [0.15, 0.2) is 0 Å². The maximum atomic E-state index is 12.8. The number of rotatable bonds is 6. The van der Waals surface area contributed by atoms with E-state index < -0.39 is 5.54 Å². The lowest BCUT2D eigenvalue weighted by Gasteiger charge is -2.38. The highest BCUT2D eigenvalue weighted by atomic mass is 16.2. The van der Waals surface area contributed by atoms with E-state index in [0.717, 1.165) is 31.7 Å². The zero-order chi connectivity index (χ0) is 20.1. The van der Waals surface area contributed by atoms with Gasteiger partial charge in [-0.05, 0) is 54.0 Å². The summed E-state index contributed by atoms with van der Waals surface area (Å²) in [5, 5.41) is 3.00. The van der Waals surface area contributed by atoms with E-state index in [9.17, 15) is 4.79 Å². The third-order valence-corrected chi connectivity index (χ3v) is 5.87. The van der Waals surface area contributed by atoms with Gasteiger partial charge in [0.25, 0.3) is 0 Å². The molecule has 0 aromatic heterocycles. The van der Waals surface area contributed by atoms with Crippen LogP contribution in [0.1, 0.15) is 56.2 Å². The fraction of sp³-hybridized carbons (Fsp3) is 0.458. The van der Waals surface area contributed by atoms with Crippen molar-refractivity contribution >= 4 is 11.6 Å². The van der Waals surface area contributed by atoms with Crippen molar-refractivity contribution in [1.29, 1.82) is 0 Å². The van der Waals surface area contributed by atoms with Crippen LogP contribution in [0.4, 0.5) is 5.69 Å². The molecular weight excluding hydrogens is 346 g/mol. The topological polar surface area (TPSA) is 58.4 Å². The van der Waals surface area contributed by atoms with Crippen molar-refractivity contribution in [2.24, 2.45) is 5.73 Å². The molecule has 0 atom stereocenters. The molecule has 4 nitrogen and oxygen atoms in total. The average molecular weight is 380 g/mol. The number of carbonyl (C=O) groups excluding carboxylic acids is 1. The first-order chi connectivity index (χ1) is 13.4. The van der Waals surface area contributed by atoms with Crippen LogP contribution in [0.5, 0.6) is 0 Å². The highest BCUT2D eigenvalue weighted by Gasteiger charge is 2.37. The zero-order valence-corrected chi connectivity index (χ0v) is 17.4. The zero-order valence-electron chi connectivity index (χ0n) is 17.4. The Morgan fingerprint density at radius 3 is 2.14 bits per heavy atom. The molecule has 1 fully saturated rings. The Balaban J connectivity index is 1.53. The fourth-order valence-electron chi connectivity index (χ4n) is 3.68. The molecule has 1 saturated heterocycles. The van der Waals surface area contributed by atoms with Crippen LogP contribution in [-0.4, -0.2) is 29.4 Å². The van der Waals surface area contributed by atoms with E-state index in [0.29, 0.717) is 18.8 Å². The van der Waals surface area contributed by atoms with Crippen molar-refractivity contribution in [2.75, 3.05) is 18.4 Å². The highest BCUT2D eigenvalue weighted by molar-refractivity contribution is 5.98. The van der Waals surface area contributed by atoms with E-state index in [1.807, 2.05) is 24.3 Å². The molecule has 3 N–H and O–H groups in total. The van der Waals surface area contributed by atoms with Gasteiger partial charge in [-0.25, -0.2) is 0 Å². The number of amides is 1. The molecule has 0 unspecified atom stereocenters. The monoisotopic (exact) mass is 379 g/mol. The molecule has 3 rings (SSSR count). The van der Waals surface area contributed by atoms with Gasteiger partial charge in [0.05, 0.1) is 5.54 Å². The normalized spacial score (nSPS) is 16.9. The molecule has 1 aliphatic heterocycles. The molecule has 0 bridgehead atoms. The predicted octanol–water partition coefficient (Wildman–Crippen LogP) is 4.30.